The smallest absolute Gasteiger partial charge is 0.408 e. The standard InChI is InChI=1S/C17H18N2O4/c1-2-22-16(20)15(14-10-6-7-11-18-14)19-17(21)23-12-13-8-4-3-5-9-13/h3-11,15H,2,12H2,1H3,(H,19,21). The summed E-state index contributed by atoms with van der Waals surface area (Å²) in [5.41, 5.74) is 1.25. The molecule has 0 aliphatic heterocycles. The third kappa shape index (κ3) is 5.10. The van der Waals surface area contributed by atoms with Gasteiger partial charge in [0.1, 0.15) is 6.61 Å². The summed E-state index contributed by atoms with van der Waals surface area (Å²) < 4.78 is 10.1. The molecule has 6 nitrogen and oxygen atoms in total. The quantitative estimate of drug-likeness (QED) is 0.829. The number of nitrogens with one attached hydrogen (secondary N) is 1. The van der Waals surface area contributed by atoms with Gasteiger partial charge in [0.2, 0.25) is 0 Å². The molecule has 0 aliphatic rings. The molecular weight excluding hydrogens is 296 g/mol. The number of esters is 1. The third-order valence-electron chi connectivity index (χ3n) is 2.98. The summed E-state index contributed by atoms with van der Waals surface area (Å²) in [7, 11) is 0. The van der Waals surface area contributed by atoms with Gasteiger partial charge in [-0.05, 0) is 24.6 Å². The molecule has 0 radical (unpaired) electrons. The summed E-state index contributed by atoms with van der Waals surface area (Å²) in [4.78, 5) is 28.0. The number of amides is 1. The van der Waals surface area contributed by atoms with Crippen molar-refractivity contribution in [3.63, 3.8) is 0 Å². The first-order valence-corrected chi connectivity index (χ1v) is 7.25. The lowest BCUT2D eigenvalue weighted by molar-refractivity contribution is -0.145. The highest BCUT2D eigenvalue weighted by Crippen LogP contribution is 2.12. The van der Waals surface area contributed by atoms with Crippen LogP contribution in [-0.4, -0.2) is 23.7 Å². The molecule has 120 valence electrons. The van der Waals surface area contributed by atoms with E-state index >= 15 is 0 Å². The first-order valence-electron chi connectivity index (χ1n) is 7.25. The zero-order valence-corrected chi connectivity index (χ0v) is 12.8. The van der Waals surface area contributed by atoms with Gasteiger partial charge in [-0.1, -0.05) is 36.4 Å². The maximum Gasteiger partial charge on any atom is 0.408 e. The lowest BCUT2D eigenvalue weighted by Gasteiger charge is -2.16. The van der Waals surface area contributed by atoms with Crippen LogP contribution in [0.3, 0.4) is 0 Å². The van der Waals surface area contributed by atoms with E-state index in [1.807, 2.05) is 30.3 Å². The summed E-state index contributed by atoms with van der Waals surface area (Å²) in [6.45, 7) is 2.02. The van der Waals surface area contributed by atoms with Crippen molar-refractivity contribution in [2.45, 2.75) is 19.6 Å². The molecule has 1 aromatic heterocycles. The zero-order chi connectivity index (χ0) is 16.5. The van der Waals surface area contributed by atoms with Crippen LogP contribution >= 0.6 is 0 Å². The SMILES string of the molecule is CCOC(=O)C(NC(=O)OCc1ccccc1)c1ccccn1. The second-order valence-corrected chi connectivity index (χ2v) is 4.65. The summed E-state index contributed by atoms with van der Waals surface area (Å²) >= 11 is 0. The molecule has 1 atom stereocenters. The van der Waals surface area contributed by atoms with Gasteiger partial charge in [-0.25, -0.2) is 9.59 Å². The van der Waals surface area contributed by atoms with Crippen molar-refractivity contribution < 1.29 is 19.1 Å². The molecule has 0 fully saturated rings. The lowest BCUT2D eigenvalue weighted by atomic mass is 10.2. The summed E-state index contributed by atoms with van der Waals surface area (Å²) in [5.74, 6) is -0.581. The van der Waals surface area contributed by atoms with Crippen LogP contribution in [0.5, 0.6) is 0 Å². The zero-order valence-electron chi connectivity index (χ0n) is 12.8. The molecule has 0 aliphatic carbocycles. The first kappa shape index (κ1) is 16.5. The van der Waals surface area contributed by atoms with E-state index in [-0.39, 0.29) is 13.2 Å². The number of alkyl carbamates (subject to hydrolysis) is 1. The molecule has 0 saturated carbocycles. The van der Waals surface area contributed by atoms with Crippen LogP contribution in [0.4, 0.5) is 4.79 Å². The second-order valence-electron chi connectivity index (χ2n) is 4.65. The van der Waals surface area contributed by atoms with Crippen LogP contribution in [0.2, 0.25) is 0 Å². The summed E-state index contributed by atoms with van der Waals surface area (Å²) in [5, 5.41) is 2.49. The fourth-order valence-corrected chi connectivity index (χ4v) is 1.91. The van der Waals surface area contributed by atoms with E-state index in [0.717, 1.165) is 5.56 Å². The predicted molar refractivity (Wildman–Crippen MR) is 83.4 cm³/mol. The number of carbonyl (C=O) groups is 2. The van der Waals surface area contributed by atoms with Gasteiger partial charge in [0, 0.05) is 6.20 Å². The maximum absolute atomic E-state index is 12.0. The predicted octanol–water partition coefficient (Wildman–Crippen LogP) is 2.61. The van der Waals surface area contributed by atoms with Crippen molar-refractivity contribution in [1.29, 1.82) is 0 Å². The topological polar surface area (TPSA) is 77.5 Å². The lowest BCUT2D eigenvalue weighted by Crippen LogP contribution is -2.35. The van der Waals surface area contributed by atoms with Gasteiger partial charge in [0.25, 0.3) is 0 Å². The van der Waals surface area contributed by atoms with Gasteiger partial charge in [-0.15, -0.1) is 0 Å². The normalized spacial score (nSPS) is 11.3. The Kier molecular flexibility index (Phi) is 6.11. The molecular formula is C17H18N2O4. The van der Waals surface area contributed by atoms with Crippen molar-refractivity contribution in [2.75, 3.05) is 6.61 Å². The van der Waals surface area contributed by atoms with Crippen molar-refractivity contribution in [2.24, 2.45) is 0 Å². The number of rotatable bonds is 6. The van der Waals surface area contributed by atoms with Crippen LogP contribution in [0, 0.1) is 0 Å². The molecule has 1 unspecified atom stereocenters. The van der Waals surface area contributed by atoms with Crippen LogP contribution < -0.4 is 5.32 Å². The van der Waals surface area contributed by atoms with E-state index in [1.165, 1.54) is 0 Å². The van der Waals surface area contributed by atoms with Gasteiger partial charge < -0.3 is 14.8 Å². The minimum Gasteiger partial charge on any atom is -0.464 e. The number of pyridine rings is 1. The number of carbonyl (C=O) groups excluding carboxylic acids is 2. The van der Waals surface area contributed by atoms with Gasteiger partial charge in [0.05, 0.1) is 12.3 Å². The highest BCUT2D eigenvalue weighted by molar-refractivity contribution is 5.82. The van der Waals surface area contributed by atoms with Crippen molar-refractivity contribution in [1.82, 2.24) is 10.3 Å². The number of hydrogen-bond donors (Lipinski definition) is 1. The van der Waals surface area contributed by atoms with Gasteiger partial charge >= 0.3 is 12.1 Å². The minimum atomic E-state index is -1.00. The molecule has 0 saturated heterocycles. The Bertz CT molecular complexity index is 632. The van der Waals surface area contributed by atoms with E-state index < -0.39 is 18.1 Å². The number of hydrogen-bond acceptors (Lipinski definition) is 5. The Morgan fingerprint density at radius 2 is 1.83 bits per heavy atom. The molecule has 1 amide bonds. The van der Waals surface area contributed by atoms with E-state index in [0.29, 0.717) is 5.69 Å². The Morgan fingerprint density at radius 3 is 2.48 bits per heavy atom. The van der Waals surface area contributed by atoms with Crippen LogP contribution in [0.1, 0.15) is 24.2 Å². The van der Waals surface area contributed by atoms with E-state index in [9.17, 15) is 9.59 Å². The fourth-order valence-electron chi connectivity index (χ4n) is 1.91. The Hall–Kier alpha value is -2.89. The average molecular weight is 314 g/mol. The van der Waals surface area contributed by atoms with E-state index in [2.05, 4.69) is 10.3 Å². The van der Waals surface area contributed by atoms with Crippen molar-refractivity contribution >= 4 is 12.1 Å². The average Bonchev–Trinajstić information content (AvgIpc) is 2.59. The monoisotopic (exact) mass is 314 g/mol. The highest BCUT2D eigenvalue weighted by atomic mass is 16.6. The highest BCUT2D eigenvalue weighted by Gasteiger charge is 2.25. The fraction of sp³-hybridized carbons (Fsp3) is 0.235. The molecule has 0 bridgehead atoms. The molecule has 23 heavy (non-hydrogen) atoms. The Balaban J connectivity index is 1.99. The van der Waals surface area contributed by atoms with Crippen LogP contribution in [0.25, 0.3) is 0 Å². The molecule has 1 aromatic carbocycles. The largest absolute Gasteiger partial charge is 0.464 e. The summed E-state index contributed by atoms with van der Waals surface area (Å²) in [6, 6.07) is 13.4. The van der Waals surface area contributed by atoms with Crippen LogP contribution in [-0.2, 0) is 20.9 Å². The van der Waals surface area contributed by atoms with E-state index in [4.69, 9.17) is 9.47 Å². The number of benzene rings is 1. The number of nitrogens with zero attached hydrogens (tertiary/aromatic N) is 1. The van der Waals surface area contributed by atoms with Crippen molar-refractivity contribution in [3.8, 4) is 0 Å². The maximum atomic E-state index is 12.0. The van der Waals surface area contributed by atoms with Crippen LogP contribution in [0.15, 0.2) is 54.7 Å². The molecule has 6 heteroatoms. The molecule has 0 spiro atoms. The Morgan fingerprint density at radius 1 is 1.09 bits per heavy atom. The third-order valence-corrected chi connectivity index (χ3v) is 2.98. The van der Waals surface area contributed by atoms with Gasteiger partial charge in [-0.3, -0.25) is 4.98 Å². The summed E-state index contributed by atoms with van der Waals surface area (Å²) in [6.07, 6.45) is 0.830. The van der Waals surface area contributed by atoms with Gasteiger partial charge in [-0.2, -0.15) is 0 Å². The number of aromatic nitrogens is 1. The first-order chi connectivity index (χ1) is 11.2. The molecule has 2 aromatic rings. The Labute approximate surface area is 134 Å². The molecule has 2 rings (SSSR count). The van der Waals surface area contributed by atoms with E-state index in [1.54, 1.807) is 31.3 Å². The number of ether oxygens (including phenoxy) is 2. The minimum absolute atomic E-state index is 0.116. The van der Waals surface area contributed by atoms with Gasteiger partial charge in [0.15, 0.2) is 6.04 Å². The second kappa shape index (κ2) is 8.53. The molecule has 1 heterocycles. The molecule has 1 N–H and O–H groups in total. The van der Waals surface area contributed by atoms with Crippen molar-refractivity contribution in [3.05, 3.63) is 66.0 Å².